The van der Waals surface area contributed by atoms with E-state index in [1.807, 2.05) is 0 Å². The van der Waals surface area contributed by atoms with E-state index in [9.17, 15) is 13.5 Å². The van der Waals surface area contributed by atoms with Gasteiger partial charge in [0.1, 0.15) is 0 Å². The lowest BCUT2D eigenvalue weighted by Crippen LogP contribution is -2.26. The van der Waals surface area contributed by atoms with Gasteiger partial charge in [0.15, 0.2) is 9.84 Å². The molecule has 0 aliphatic heterocycles. The number of aliphatic hydroxyl groups excluding tert-OH is 1. The summed E-state index contributed by atoms with van der Waals surface area (Å²) in [6, 6.07) is 7.08. The fraction of sp³-hybridized carbons (Fsp3) is 0.538. The third-order valence-electron chi connectivity index (χ3n) is 3.53. The minimum absolute atomic E-state index is 0.207. The highest BCUT2D eigenvalue weighted by molar-refractivity contribution is 7.90. The van der Waals surface area contributed by atoms with Crippen LogP contribution in [0.2, 0.25) is 0 Å². The summed E-state index contributed by atoms with van der Waals surface area (Å²) in [5.41, 5.74) is 0.910. The molecule has 1 aromatic rings. The van der Waals surface area contributed by atoms with Crippen LogP contribution >= 0.6 is 0 Å². The Kier molecular flexibility index (Phi) is 3.92. The molecule has 2 unspecified atom stereocenters. The molecule has 0 bridgehead atoms. The predicted molar refractivity (Wildman–Crippen MR) is 71.4 cm³/mol. The Balaban J connectivity index is 2.07. The molecule has 0 heterocycles. The van der Waals surface area contributed by atoms with E-state index in [0.717, 1.165) is 24.9 Å². The summed E-state index contributed by atoms with van der Waals surface area (Å²) in [7, 11) is -3.13. The average Bonchev–Trinajstić information content (AvgIpc) is 2.76. The van der Waals surface area contributed by atoms with Crippen molar-refractivity contribution in [1.82, 2.24) is 0 Å². The topological polar surface area (TPSA) is 66.4 Å². The highest BCUT2D eigenvalue weighted by atomic mass is 32.2. The summed E-state index contributed by atoms with van der Waals surface area (Å²) < 4.78 is 22.7. The first-order valence-corrected chi connectivity index (χ1v) is 8.07. The van der Waals surface area contributed by atoms with E-state index in [1.165, 1.54) is 6.26 Å². The molecule has 0 radical (unpaired) electrons. The van der Waals surface area contributed by atoms with Crippen LogP contribution in [0.5, 0.6) is 0 Å². The molecule has 0 aromatic heterocycles. The van der Waals surface area contributed by atoms with Crippen LogP contribution in [0.1, 0.15) is 19.3 Å². The zero-order valence-corrected chi connectivity index (χ0v) is 11.3. The van der Waals surface area contributed by atoms with Gasteiger partial charge in [0.2, 0.25) is 0 Å². The second-order valence-corrected chi connectivity index (χ2v) is 6.94. The molecule has 18 heavy (non-hydrogen) atoms. The second kappa shape index (κ2) is 5.28. The first kappa shape index (κ1) is 13.4. The predicted octanol–water partition coefficient (Wildman–Crippen LogP) is 1.66. The lowest BCUT2D eigenvalue weighted by Gasteiger charge is -2.20. The molecule has 0 amide bonds. The van der Waals surface area contributed by atoms with Crippen LogP contribution in [0, 0.1) is 5.92 Å². The molecule has 2 N–H and O–H groups in total. The maximum Gasteiger partial charge on any atom is 0.175 e. The van der Waals surface area contributed by atoms with Crippen LogP contribution in [0.3, 0.4) is 0 Å². The Morgan fingerprint density at radius 3 is 2.50 bits per heavy atom. The van der Waals surface area contributed by atoms with Crippen LogP contribution < -0.4 is 5.32 Å². The molecule has 2 rings (SSSR count). The molecule has 1 saturated carbocycles. The van der Waals surface area contributed by atoms with Gasteiger partial charge in [-0.1, -0.05) is 6.42 Å². The Morgan fingerprint density at radius 1 is 1.28 bits per heavy atom. The molecule has 0 spiro atoms. The molecule has 1 aliphatic carbocycles. The molecule has 1 aromatic carbocycles. The lowest BCUT2D eigenvalue weighted by molar-refractivity contribution is 0.222. The van der Waals surface area contributed by atoms with Gasteiger partial charge in [0.05, 0.1) is 4.90 Å². The van der Waals surface area contributed by atoms with Gasteiger partial charge >= 0.3 is 0 Å². The van der Waals surface area contributed by atoms with Gasteiger partial charge in [0.25, 0.3) is 0 Å². The average molecular weight is 269 g/mol. The van der Waals surface area contributed by atoms with Gasteiger partial charge in [-0.2, -0.15) is 0 Å². The fourth-order valence-corrected chi connectivity index (χ4v) is 3.09. The maximum absolute atomic E-state index is 11.3. The van der Waals surface area contributed by atoms with Gasteiger partial charge < -0.3 is 10.4 Å². The highest BCUT2D eigenvalue weighted by Gasteiger charge is 2.26. The molecule has 0 saturated heterocycles. The monoisotopic (exact) mass is 269 g/mol. The number of hydrogen-bond acceptors (Lipinski definition) is 4. The van der Waals surface area contributed by atoms with Gasteiger partial charge in [0, 0.05) is 30.5 Å². The number of aliphatic hydroxyl groups is 1. The van der Waals surface area contributed by atoms with Crippen molar-refractivity contribution in [1.29, 1.82) is 0 Å². The molecule has 1 fully saturated rings. The molecular formula is C13H19NO3S. The van der Waals surface area contributed by atoms with Crippen LogP contribution in [0.25, 0.3) is 0 Å². The third-order valence-corrected chi connectivity index (χ3v) is 4.66. The van der Waals surface area contributed by atoms with Gasteiger partial charge in [-0.05, 0) is 37.1 Å². The van der Waals surface area contributed by atoms with E-state index in [0.29, 0.717) is 16.9 Å². The van der Waals surface area contributed by atoms with E-state index >= 15 is 0 Å². The molecule has 100 valence electrons. The minimum atomic E-state index is -3.13. The van der Waals surface area contributed by atoms with E-state index in [1.54, 1.807) is 24.3 Å². The normalized spacial score (nSPS) is 24.1. The van der Waals surface area contributed by atoms with Crippen LogP contribution in [-0.4, -0.2) is 32.4 Å². The van der Waals surface area contributed by atoms with Crippen molar-refractivity contribution >= 4 is 15.5 Å². The molecule has 4 nitrogen and oxygen atoms in total. The van der Waals surface area contributed by atoms with E-state index in [4.69, 9.17) is 0 Å². The molecule has 2 atom stereocenters. The maximum atomic E-state index is 11.3. The Hall–Kier alpha value is -1.07. The van der Waals surface area contributed by atoms with Gasteiger partial charge in [-0.25, -0.2) is 8.42 Å². The summed E-state index contributed by atoms with van der Waals surface area (Å²) in [5.74, 6) is 0.305. The molecule has 1 aliphatic rings. The third kappa shape index (κ3) is 3.03. The number of anilines is 1. The van der Waals surface area contributed by atoms with Crippen LogP contribution in [0.15, 0.2) is 29.2 Å². The SMILES string of the molecule is CS(=O)(=O)c1ccc(NC2CCCC2CO)cc1. The zero-order valence-electron chi connectivity index (χ0n) is 10.5. The van der Waals surface area contributed by atoms with Crippen molar-refractivity contribution in [3.63, 3.8) is 0 Å². The number of hydrogen-bond donors (Lipinski definition) is 2. The van der Waals surface area contributed by atoms with Crippen molar-refractivity contribution in [2.45, 2.75) is 30.2 Å². The summed E-state index contributed by atoms with van der Waals surface area (Å²) >= 11 is 0. The number of rotatable bonds is 4. The molecular weight excluding hydrogens is 250 g/mol. The quantitative estimate of drug-likeness (QED) is 0.872. The summed E-state index contributed by atoms with van der Waals surface area (Å²) in [6.07, 6.45) is 4.44. The Morgan fingerprint density at radius 2 is 1.94 bits per heavy atom. The van der Waals surface area contributed by atoms with Gasteiger partial charge in [-0.15, -0.1) is 0 Å². The van der Waals surface area contributed by atoms with E-state index < -0.39 is 9.84 Å². The Bertz CT molecular complexity index is 495. The van der Waals surface area contributed by atoms with Crippen LogP contribution in [-0.2, 0) is 9.84 Å². The lowest BCUT2D eigenvalue weighted by atomic mass is 10.0. The first-order chi connectivity index (χ1) is 8.50. The minimum Gasteiger partial charge on any atom is -0.396 e. The summed E-state index contributed by atoms with van der Waals surface area (Å²) in [5, 5.41) is 12.6. The first-order valence-electron chi connectivity index (χ1n) is 6.18. The van der Waals surface area contributed by atoms with Crippen molar-refractivity contribution in [3.8, 4) is 0 Å². The number of benzene rings is 1. The van der Waals surface area contributed by atoms with E-state index in [2.05, 4.69) is 5.32 Å². The molecule has 5 heteroatoms. The smallest absolute Gasteiger partial charge is 0.175 e. The largest absolute Gasteiger partial charge is 0.396 e. The van der Waals surface area contributed by atoms with Crippen LogP contribution in [0.4, 0.5) is 5.69 Å². The second-order valence-electron chi connectivity index (χ2n) is 4.92. The summed E-state index contributed by atoms with van der Waals surface area (Å²) in [4.78, 5) is 0.332. The van der Waals surface area contributed by atoms with Crippen molar-refractivity contribution in [3.05, 3.63) is 24.3 Å². The Labute approximate surface area is 108 Å². The van der Waals surface area contributed by atoms with E-state index in [-0.39, 0.29) is 6.61 Å². The van der Waals surface area contributed by atoms with Gasteiger partial charge in [-0.3, -0.25) is 0 Å². The van der Waals surface area contributed by atoms with Crippen molar-refractivity contribution < 1.29 is 13.5 Å². The fourth-order valence-electron chi connectivity index (χ4n) is 2.46. The van der Waals surface area contributed by atoms with Crippen molar-refractivity contribution in [2.75, 3.05) is 18.2 Å². The number of nitrogens with one attached hydrogen (secondary N) is 1. The highest BCUT2D eigenvalue weighted by Crippen LogP contribution is 2.28. The zero-order chi connectivity index (χ0) is 13.2. The number of sulfone groups is 1. The summed E-state index contributed by atoms with van der Waals surface area (Å²) in [6.45, 7) is 0.207. The standard InChI is InChI=1S/C13H19NO3S/c1-18(16,17)12-7-5-11(6-8-12)14-13-4-2-3-10(13)9-15/h5-8,10,13-15H,2-4,9H2,1H3. The van der Waals surface area contributed by atoms with Crippen molar-refractivity contribution in [2.24, 2.45) is 5.92 Å².